The monoisotopic (exact) mass is 360 g/mol. The van der Waals surface area contributed by atoms with Gasteiger partial charge in [0.2, 0.25) is 5.88 Å². The summed E-state index contributed by atoms with van der Waals surface area (Å²) in [5.74, 6) is 1.44. The number of nitrogens with one attached hydrogen (secondary N) is 2. The maximum Gasteiger partial charge on any atom is 0.213 e. The van der Waals surface area contributed by atoms with Crippen LogP contribution in [0.25, 0.3) is 0 Å². The zero-order chi connectivity index (χ0) is 18.3. The lowest BCUT2D eigenvalue weighted by atomic mass is 9.91. The fraction of sp³-hybridized carbons (Fsp3) is 0.474. The van der Waals surface area contributed by atoms with Crippen molar-refractivity contribution in [1.29, 1.82) is 0 Å². The van der Waals surface area contributed by atoms with Crippen molar-refractivity contribution in [2.75, 3.05) is 13.6 Å². The number of ether oxygens (including phenoxy) is 1. The van der Waals surface area contributed by atoms with Gasteiger partial charge in [-0.1, -0.05) is 26.0 Å². The molecule has 0 aliphatic carbocycles. The molecule has 2 heterocycles. The van der Waals surface area contributed by atoms with Crippen LogP contribution < -0.4 is 15.4 Å². The van der Waals surface area contributed by atoms with Crippen molar-refractivity contribution < 1.29 is 4.74 Å². The molecule has 6 heteroatoms. The molecule has 25 heavy (non-hydrogen) atoms. The maximum absolute atomic E-state index is 5.56. The summed E-state index contributed by atoms with van der Waals surface area (Å²) in [6.07, 6.45) is 1.96. The summed E-state index contributed by atoms with van der Waals surface area (Å²) in [5.41, 5.74) is 1.14. The molecule has 0 spiro atoms. The van der Waals surface area contributed by atoms with Crippen molar-refractivity contribution in [2.24, 2.45) is 4.99 Å². The largest absolute Gasteiger partial charge is 0.475 e. The topological polar surface area (TPSA) is 58.5 Å². The number of hydrogen-bond acceptors (Lipinski definition) is 4. The Kier molecular flexibility index (Phi) is 6.82. The van der Waals surface area contributed by atoms with Crippen LogP contribution in [-0.2, 0) is 12.0 Å². The molecule has 0 aromatic carbocycles. The van der Waals surface area contributed by atoms with E-state index in [1.807, 2.05) is 32.2 Å². The van der Waals surface area contributed by atoms with Crippen LogP contribution in [0.4, 0.5) is 0 Å². The lowest BCUT2D eigenvalue weighted by Crippen LogP contribution is -2.42. The lowest BCUT2D eigenvalue weighted by molar-refractivity contribution is 0.232. The molecule has 0 saturated carbocycles. The minimum Gasteiger partial charge on any atom is -0.475 e. The highest BCUT2D eigenvalue weighted by molar-refractivity contribution is 7.10. The number of pyridine rings is 1. The van der Waals surface area contributed by atoms with Crippen LogP contribution in [0.1, 0.15) is 38.1 Å². The highest BCUT2D eigenvalue weighted by Gasteiger charge is 2.21. The predicted molar refractivity (Wildman–Crippen MR) is 106 cm³/mol. The van der Waals surface area contributed by atoms with Crippen LogP contribution in [0.2, 0.25) is 0 Å². The van der Waals surface area contributed by atoms with Gasteiger partial charge in [0.25, 0.3) is 0 Å². The van der Waals surface area contributed by atoms with E-state index in [0.29, 0.717) is 12.4 Å². The van der Waals surface area contributed by atoms with Crippen LogP contribution in [0.3, 0.4) is 0 Å². The molecule has 0 atom stereocenters. The molecule has 2 aromatic rings. The highest BCUT2D eigenvalue weighted by atomic mass is 32.1. The second kappa shape index (κ2) is 8.85. The molecule has 136 valence electrons. The highest BCUT2D eigenvalue weighted by Crippen LogP contribution is 2.26. The number of aromatic nitrogens is 1. The summed E-state index contributed by atoms with van der Waals surface area (Å²) in [6.45, 7) is 9.92. The third-order valence-corrected chi connectivity index (χ3v) is 4.96. The molecular formula is C19H28N4OS. The van der Waals surface area contributed by atoms with Gasteiger partial charge < -0.3 is 15.4 Å². The second-order valence-corrected chi connectivity index (χ2v) is 7.76. The first kappa shape index (κ1) is 19.2. The fourth-order valence-electron chi connectivity index (χ4n) is 2.29. The number of hydrogen-bond donors (Lipinski definition) is 2. The molecule has 2 N–H and O–H groups in total. The molecule has 0 aliphatic heterocycles. The van der Waals surface area contributed by atoms with E-state index in [4.69, 9.17) is 4.74 Å². The van der Waals surface area contributed by atoms with Crippen LogP contribution in [0.5, 0.6) is 5.88 Å². The Morgan fingerprint density at radius 2 is 2.08 bits per heavy atom. The molecule has 0 fully saturated rings. The van der Waals surface area contributed by atoms with Gasteiger partial charge in [-0.25, -0.2) is 4.98 Å². The Hall–Kier alpha value is -2.08. The molecule has 0 unspecified atom stereocenters. The Morgan fingerprint density at radius 1 is 1.28 bits per heavy atom. The summed E-state index contributed by atoms with van der Waals surface area (Å²) in [5, 5.41) is 8.85. The van der Waals surface area contributed by atoms with E-state index in [0.717, 1.165) is 18.1 Å². The van der Waals surface area contributed by atoms with Crippen molar-refractivity contribution >= 4 is 17.3 Å². The van der Waals surface area contributed by atoms with Gasteiger partial charge in [0.15, 0.2) is 5.96 Å². The Balaban J connectivity index is 1.84. The molecule has 2 aromatic heterocycles. The van der Waals surface area contributed by atoms with E-state index in [9.17, 15) is 0 Å². The normalized spacial score (nSPS) is 12.3. The summed E-state index contributed by atoms with van der Waals surface area (Å²) < 4.78 is 5.56. The van der Waals surface area contributed by atoms with E-state index < -0.39 is 0 Å². The van der Waals surface area contributed by atoms with E-state index in [-0.39, 0.29) is 11.5 Å². The van der Waals surface area contributed by atoms with Gasteiger partial charge in [0.05, 0.1) is 6.10 Å². The minimum atomic E-state index is 0.0587. The summed E-state index contributed by atoms with van der Waals surface area (Å²) in [7, 11) is 1.78. The molecule has 0 bridgehead atoms. The number of nitrogens with zero attached hydrogens (tertiary/aromatic N) is 2. The van der Waals surface area contributed by atoms with Crippen LogP contribution in [0, 0.1) is 0 Å². The van der Waals surface area contributed by atoms with Crippen molar-refractivity contribution in [3.8, 4) is 5.88 Å². The second-order valence-electron chi connectivity index (χ2n) is 6.81. The average Bonchev–Trinajstić information content (AvgIpc) is 3.11. The minimum absolute atomic E-state index is 0.0587. The summed E-state index contributed by atoms with van der Waals surface area (Å²) in [6, 6.07) is 8.18. The number of thiophene rings is 1. The van der Waals surface area contributed by atoms with Crippen LogP contribution >= 0.6 is 11.3 Å². The van der Waals surface area contributed by atoms with Crippen molar-refractivity contribution in [2.45, 2.75) is 45.8 Å². The Morgan fingerprint density at radius 3 is 2.64 bits per heavy atom. The van der Waals surface area contributed by atoms with Crippen LogP contribution in [0.15, 0.2) is 40.8 Å². The average molecular weight is 361 g/mol. The summed E-state index contributed by atoms with van der Waals surface area (Å²) >= 11 is 1.78. The standard InChI is InChI=1S/C19H28N4OS/c1-14(2)24-17-9-8-15(11-21-17)12-22-18(20-5)23-13-19(3,4)16-7-6-10-25-16/h6-11,14H,12-13H2,1-5H3,(H2,20,22,23). The number of aliphatic imine (C=N–C) groups is 1. The Labute approximate surface area is 154 Å². The fourth-order valence-corrected chi connectivity index (χ4v) is 3.14. The SMILES string of the molecule is CN=C(NCc1ccc(OC(C)C)nc1)NCC(C)(C)c1cccs1. The smallest absolute Gasteiger partial charge is 0.213 e. The van der Waals surface area contributed by atoms with Crippen LogP contribution in [-0.4, -0.2) is 30.6 Å². The third kappa shape index (κ3) is 6.05. The van der Waals surface area contributed by atoms with Gasteiger partial charge >= 0.3 is 0 Å². The Bertz CT molecular complexity index is 663. The van der Waals surface area contributed by atoms with E-state index >= 15 is 0 Å². The van der Waals surface area contributed by atoms with Gasteiger partial charge in [-0.3, -0.25) is 4.99 Å². The lowest BCUT2D eigenvalue weighted by Gasteiger charge is -2.25. The summed E-state index contributed by atoms with van der Waals surface area (Å²) in [4.78, 5) is 9.98. The van der Waals surface area contributed by atoms with Crippen molar-refractivity contribution in [3.63, 3.8) is 0 Å². The number of rotatable bonds is 7. The third-order valence-electron chi connectivity index (χ3n) is 3.72. The van der Waals surface area contributed by atoms with Gasteiger partial charge in [0, 0.05) is 42.7 Å². The van der Waals surface area contributed by atoms with E-state index in [1.54, 1.807) is 18.4 Å². The van der Waals surface area contributed by atoms with E-state index in [2.05, 4.69) is 52.0 Å². The van der Waals surface area contributed by atoms with E-state index in [1.165, 1.54) is 4.88 Å². The molecule has 0 radical (unpaired) electrons. The van der Waals surface area contributed by atoms with Gasteiger partial charge in [-0.2, -0.15) is 0 Å². The maximum atomic E-state index is 5.56. The van der Waals surface area contributed by atoms with Gasteiger partial charge in [-0.05, 0) is 30.9 Å². The predicted octanol–water partition coefficient (Wildman–Crippen LogP) is 3.57. The molecule has 0 aliphatic rings. The van der Waals surface area contributed by atoms with Gasteiger partial charge in [0.1, 0.15) is 0 Å². The first-order valence-corrected chi connectivity index (χ1v) is 9.39. The van der Waals surface area contributed by atoms with Crippen molar-refractivity contribution in [3.05, 3.63) is 46.3 Å². The number of guanidine groups is 1. The molecular weight excluding hydrogens is 332 g/mol. The molecule has 2 rings (SSSR count). The molecule has 0 amide bonds. The zero-order valence-corrected chi connectivity index (χ0v) is 16.5. The van der Waals surface area contributed by atoms with Crippen molar-refractivity contribution in [1.82, 2.24) is 15.6 Å². The van der Waals surface area contributed by atoms with Gasteiger partial charge in [-0.15, -0.1) is 11.3 Å². The first-order valence-electron chi connectivity index (χ1n) is 8.51. The first-order chi connectivity index (χ1) is 11.9. The molecule has 0 saturated heterocycles. The quantitative estimate of drug-likeness (QED) is 0.585. The molecule has 5 nitrogen and oxygen atoms in total. The zero-order valence-electron chi connectivity index (χ0n) is 15.7.